The zero-order chi connectivity index (χ0) is 15.3. The quantitative estimate of drug-likeness (QED) is 0.389. The number of ether oxygens (including phenoxy) is 1. The average Bonchev–Trinajstić information content (AvgIpc) is 2.53. The van der Waals surface area contributed by atoms with E-state index in [0.29, 0.717) is 33.1 Å². The molecule has 0 aliphatic rings. The van der Waals surface area contributed by atoms with Crippen molar-refractivity contribution < 1.29 is 13.5 Å². The molecule has 108 valence electrons. The Hall–Kier alpha value is -2.88. The highest BCUT2D eigenvalue weighted by Gasteiger charge is 2.12. The molecular weight excluding hydrogens is 283 g/mol. The van der Waals surface area contributed by atoms with Crippen molar-refractivity contribution in [2.75, 3.05) is 7.11 Å². The minimum absolute atomic E-state index is 0.171. The third kappa shape index (κ3) is 1.77. The summed E-state index contributed by atoms with van der Waals surface area (Å²) in [6.07, 6.45) is 0. The van der Waals surface area contributed by atoms with E-state index in [2.05, 4.69) is 0 Å². The van der Waals surface area contributed by atoms with E-state index in [1.54, 1.807) is 37.4 Å². The molecule has 4 rings (SSSR count). The van der Waals surface area contributed by atoms with Gasteiger partial charge < -0.3 is 9.15 Å². The zero-order valence-corrected chi connectivity index (χ0v) is 11.7. The monoisotopic (exact) mass is 294 g/mol. The van der Waals surface area contributed by atoms with Crippen LogP contribution in [0.5, 0.6) is 5.75 Å². The SMILES string of the molecule is COc1ccc2c(=O)c3c(ccc4ccc(F)cc43)oc2c1. The van der Waals surface area contributed by atoms with Crippen molar-refractivity contribution in [2.45, 2.75) is 0 Å². The summed E-state index contributed by atoms with van der Waals surface area (Å²) < 4.78 is 24.5. The minimum atomic E-state index is -0.380. The molecule has 4 heteroatoms. The molecule has 0 fully saturated rings. The maximum Gasteiger partial charge on any atom is 0.201 e. The van der Waals surface area contributed by atoms with Gasteiger partial charge in [-0.1, -0.05) is 12.1 Å². The number of hydrogen-bond donors (Lipinski definition) is 0. The molecule has 0 bridgehead atoms. The molecule has 0 N–H and O–H groups in total. The third-order valence-electron chi connectivity index (χ3n) is 3.83. The topological polar surface area (TPSA) is 39.4 Å². The number of fused-ring (bicyclic) bond motifs is 4. The van der Waals surface area contributed by atoms with E-state index in [-0.39, 0.29) is 11.2 Å². The van der Waals surface area contributed by atoms with Crippen LogP contribution in [0.25, 0.3) is 32.7 Å². The molecular formula is C18H11FO3. The zero-order valence-electron chi connectivity index (χ0n) is 11.7. The van der Waals surface area contributed by atoms with Crippen LogP contribution in [0.4, 0.5) is 4.39 Å². The Morgan fingerprint density at radius 3 is 2.59 bits per heavy atom. The summed E-state index contributed by atoms with van der Waals surface area (Å²) >= 11 is 0. The number of halogens is 1. The molecule has 1 aromatic heterocycles. The Morgan fingerprint density at radius 1 is 0.955 bits per heavy atom. The molecule has 0 saturated heterocycles. The van der Waals surface area contributed by atoms with Gasteiger partial charge in [0.25, 0.3) is 0 Å². The van der Waals surface area contributed by atoms with Gasteiger partial charge in [-0.2, -0.15) is 0 Å². The van der Waals surface area contributed by atoms with Crippen molar-refractivity contribution in [3.05, 3.63) is 64.6 Å². The Bertz CT molecular complexity index is 1100. The summed E-state index contributed by atoms with van der Waals surface area (Å²) in [5.74, 6) is 0.232. The maximum atomic E-state index is 13.6. The number of rotatable bonds is 1. The van der Waals surface area contributed by atoms with Gasteiger partial charge in [0.15, 0.2) is 0 Å². The molecule has 22 heavy (non-hydrogen) atoms. The highest BCUT2D eigenvalue weighted by atomic mass is 19.1. The predicted molar refractivity (Wildman–Crippen MR) is 84.0 cm³/mol. The summed E-state index contributed by atoms with van der Waals surface area (Å²) in [6.45, 7) is 0. The van der Waals surface area contributed by atoms with Crippen LogP contribution in [0.2, 0.25) is 0 Å². The van der Waals surface area contributed by atoms with Gasteiger partial charge in [0, 0.05) is 6.07 Å². The van der Waals surface area contributed by atoms with E-state index in [1.807, 2.05) is 6.07 Å². The summed E-state index contributed by atoms with van der Waals surface area (Å²) in [6, 6.07) is 13.0. The van der Waals surface area contributed by atoms with E-state index >= 15 is 0 Å². The van der Waals surface area contributed by atoms with E-state index < -0.39 is 0 Å². The summed E-state index contributed by atoms with van der Waals surface area (Å²) in [4.78, 5) is 12.8. The molecule has 3 nitrogen and oxygen atoms in total. The van der Waals surface area contributed by atoms with Gasteiger partial charge in [-0.15, -0.1) is 0 Å². The van der Waals surface area contributed by atoms with Gasteiger partial charge in [0.1, 0.15) is 22.7 Å². The maximum absolute atomic E-state index is 13.6. The van der Waals surface area contributed by atoms with Gasteiger partial charge in [0.05, 0.1) is 17.9 Å². The Kier molecular flexibility index (Phi) is 2.66. The van der Waals surface area contributed by atoms with Crippen molar-refractivity contribution in [1.29, 1.82) is 0 Å². The fourth-order valence-electron chi connectivity index (χ4n) is 2.75. The van der Waals surface area contributed by atoms with Crippen LogP contribution in [0.1, 0.15) is 0 Å². The van der Waals surface area contributed by atoms with E-state index in [9.17, 15) is 9.18 Å². The standard InChI is InChI=1S/C18H11FO3/c1-21-12-5-6-13-16(9-12)22-15-7-3-10-2-4-11(19)8-14(10)17(15)18(13)20/h2-9H,1H3. The first kappa shape index (κ1) is 12.8. The third-order valence-corrected chi connectivity index (χ3v) is 3.83. The Balaban J connectivity index is 2.24. The molecule has 0 spiro atoms. The van der Waals surface area contributed by atoms with Gasteiger partial charge in [-0.25, -0.2) is 4.39 Å². The Morgan fingerprint density at radius 2 is 1.77 bits per heavy atom. The van der Waals surface area contributed by atoms with Gasteiger partial charge in [-0.05, 0) is 41.1 Å². The fraction of sp³-hybridized carbons (Fsp3) is 0.0556. The van der Waals surface area contributed by atoms with Gasteiger partial charge in [0.2, 0.25) is 5.43 Å². The molecule has 0 aliphatic heterocycles. The van der Waals surface area contributed by atoms with Crippen molar-refractivity contribution in [1.82, 2.24) is 0 Å². The fourth-order valence-corrected chi connectivity index (χ4v) is 2.75. The first-order valence-corrected chi connectivity index (χ1v) is 6.80. The lowest BCUT2D eigenvalue weighted by atomic mass is 10.0. The van der Waals surface area contributed by atoms with Crippen molar-refractivity contribution in [3.8, 4) is 5.75 Å². The molecule has 0 unspecified atom stereocenters. The van der Waals surface area contributed by atoms with E-state index in [4.69, 9.17) is 9.15 Å². The second kappa shape index (κ2) is 4.56. The lowest BCUT2D eigenvalue weighted by Crippen LogP contribution is -2.03. The minimum Gasteiger partial charge on any atom is -0.497 e. The number of benzene rings is 3. The first-order chi connectivity index (χ1) is 10.7. The second-order valence-electron chi connectivity index (χ2n) is 5.10. The summed E-state index contributed by atoms with van der Waals surface area (Å²) in [7, 11) is 1.55. The van der Waals surface area contributed by atoms with Crippen molar-refractivity contribution in [3.63, 3.8) is 0 Å². The molecule has 0 saturated carbocycles. The first-order valence-electron chi connectivity index (χ1n) is 6.80. The van der Waals surface area contributed by atoms with Crippen LogP contribution in [-0.2, 0) is 0 Å². The highest BCUT2D eigenvalue weighted by Crippen LogP contribution is 2.28. The number of methoxy groups -OCH3 is 1. The molecule has 0 amide bonds. The second-order valence-corrected chi connectivity index (χ2v) is 5.10. The lowest BCUT2D eigenvalue weighted by Gasteiger charge is -2.06. The van der Waals surface area contributed by atoms with Crippen LogP contribution in [0.3, 0.4) is 0 Å². The molecule has 0 aliphatic carbocycles. The summed E-state index contributed by atoms with van der Waals surface area (Å²) in [5.41, 5.74) is 0.714. The van der Waals surface area contributed by atoms with Crippen molar-refractivity contribution >= 4 is 32.7 Å². The smallest absolute Gasteiger partial charge is 0.201 e. The van der Waals surface area contributed by atoms with Crippen LogP contribution >= 0.6 is 0 Å². The van der Waals surface area contributed by atoms with Gasteiger partial charge in [-0.3, -0.25) is 4.79 Å². The molecule has 0 atom stereocenters. The van der Waals surface area contributed by atoms with Crippen molar-refractivity contribution in [2.24, 2.45) is 0 Å². The predicted octanol–water partition coefficient (Wildman–Crippen LogP) is 4.25. The van der Waals surface area contributed by atoms with Crippen LogP contribution < -0.4 is 10.2 Å². The largest absolute Gasteiger partial charge is 0.497 e. The number of hydrogen-bond acceptors (Lipinski definition) is 3. The molecule has 0 radical (unpaired) electrons. The lowest BCUT2D eigenvalue weighted by molar-refractivity contribution is 0.414. The van der Waals surface area contributed by atoms with Gasteiger partial charge >= 0.3 is 0 Å². The Labute approximate surface area is 124 Å². The summed E-state index contributed by atoms with van der Waals surface area (Å²) in [5, 5.41) is 2.21. The van der Waals surface area contributed by atoms with Crippen LogP contribution in [-0.4, -0.2) is 7.11 Å². The van der Waals surface area contributed by atoms with Crippen LogP contribution in [0, 0.1) is 5.82 Å². The van der Waals surface area contributed by atoms with Crippen LogP contribution in [0.15, 0.2) is 57.7 Å². The molecule has 3 aromatic carbocycles. The molecule has 4 aromatic rings. The average molecular weight is 294 g/mol. The highest BCUT2D eigenvalue weighted by molar-refractivity contribution is 6.08. The normalized spacial score (nSPS) is 11.4. The van der Waals surface area contributed by atoms with E-state index in [0.717, 1.165) is 5.39 Å². The molecule has 1 heterocycles. The van der Waals surface area contributed by atoms with E-state index in [1.165, 1.54) is 12.1 Å².